The summed E-state index contributed by atoms with van der Waals surface area (Å²) in [7, 11) is 0. The monoisotopic (exact) mass is 305 g/mol. The van der Waals surface area contributed by atoms with Crippen LogP contribution in [0.3, 0.4) is 0 Å². The molecule has 1 saturated heterocycles. The van der Waals surface area contributed by atoms with Crippen LogP contribution in [0, 0.1) is 6.92 Å². The molecule has 0 spiro atoms. The maximum absolute atomic E-state index is 12.4. The molecule has 5 heteroatoms. The van der Waals surface area contributed by atoms with Gasteiger partial charge in [-0.3, -0.25) is 9.69 Å². The molecule has 1 aliphatic heterocycles. The third kappa shape index (κ3) is 3.20. The van der Waals surface area contributed by atoms with E-state index < -0.39 is 5.54 Å². The molecule has 2 fully saturated rings. The molecule has 3 rings (SSSR count). The van der Waals surface area contributed by atoms with Crippen LogP contribution >= 0.6 is 0 Å². The first-order valence-electron chi connectivity index (χ1n) is 8.46. The van der Waals surface area contributed by atoms with Gasteiger partial charge in [0.2, 0.25) is 5.91 Å². The number of aryl methyl sites for hydroxylation is 1. The third-order valence-corrected chi connectivity index (χ3v) is 5.07. The Labute approximate surface area is 132 Å². The predicted molar refractivity (Wildman–Crippen MR) is 85.4 cm³/mol. The Morgan fingerprint density at radius 2 is 2.00 bits per heavy atom. The second kappa shape index (κ2) is 6.42. The molecular formula is C17H27N3O2. The fourth-order valence-corrected chi connectivity index (χ4v) is 3.69. The summed E-state index contributed by atoms with van der Waals surface area (Å²) in [5.74, 6) is 1.85. The Balaban J connectivity index is 1.66. The van der Waals surface area contributed by atoms with E-state index in [2.05, 4.69) is 10.2 Å². The van der Waals surface area contributed by atoms with Gasteiger partial charge < -0.3 is 15.5 Å². The van der Waals surface area contributed by atoms with Gasteiger partial charge in [-0.1, -0.05) is 12.8 Å². The lowest BCUT2D eigenvalue weighted by molar-refractivity contribution is -0.126. The van der Waals surface area contributed by atoms with E-state index >= 15 is 0 Å². The van der Waals surface area contributed by atoms with Crippen molar-refractivity contribution in [1.82, 2.24) is 10.2 Å². The lowest BCUT2D eigenvalue weighted by atomic mass is 9.98. The molecule has 2 heterocycles. The number of furan rings is 1. The van der Waals surface area contributed by atoms with E-state index in [0.29, 0.717) is 6.54 Å². The summed E-state index contributed by atoms with van der Waals surface area (Å²) < 4.78 is 5.82. The van der Waals surface area contributed by atoms with Crippen molar-refractivity contribution in [2.24, 2.45) is 5.73 Å². The highest BCUT2D eigenvalue weighted by atomic mass is 16.3. The second-order valence-electron chi connectivity index (χ2n) is 6.78. The summed E-state index contributed by atoms with van der Waals surface area (Å²) in [5.41, 5.74) is 5.58. The predicted octanol–water partition coefficient (Wildman–Crippen LogP) is 2.11. The number of nitrogens with two attached hydrogens (primary N) is 1. The zero-order valence-corrected chi connectivity index (χ0v) is 13.4. The average Bonchev–Trinajstić information content (AvgIpc) is 3.22. The Morgan fingerprint density at radius 3 is 2.59 bits per heavy atom. The van der Waals surface area contributed by atoms with Gasteiger partial charge in [-0.15, -0.1) is 0 Å². The summed E-state index contributed by atoms with van der Waals surface area (Å²) in [6.45, 7) is 4.66. The van der Waals surface area contributed by atoms with E-state index in [9.17, 15) is 4.79 Å². The topological polar surface area (TPSA) is 71.5 Å². The van der Waals surface area contributed by atoms with E-state index in [4.69, 9.17) is 10.2 Å². The molecular weight excluding hydrogens is 278 g/mol. The van der Waals surface area contributed by atoms with Crippen molar-refractivity contribution in [3.05, 3.63) is 23.7 Å². The summed E-state index contributed by atoms with van der Waals surface area (Å²) >= 11 is 0. The zero-order valence-electron chi connectivity index (χ0n) is 13.4. The molecule has 5 nitrogen and oxygen atoms in total. The van der Waals surface area contributed by atoms with Crippen LogP contribution in [0.5, 0.6) is 0 Å². The highest BCUT2D eigenvalue weighted by Gasteiger charge is 2.37. The third-order valence-electron chi connectivity index (χ3n) is 5.07. The smallest absolute Gasteiger partial charge is 0.240 e. The molecule has 1 unspecified atom stereocenters. The van der Waals surface area contributed by atoms with Crippen LogP contribution in [0.2, 0.25) is 0 Å². The molecule has 122 valence electrons. The minimum absolute atomic E-state index is 0.00234. The summed E-state index contributed by atoms with van der Waals surface area (Å²) in [6, 6.07) is 4.13. The highest BCUT2D eigenvalue weighted by Crippen LogP contribution is 2.29. The Morgan fingerprint density at radius 1 is 1.32 bits per heavy atom. The lowest BCUT2D eigenvalue weighted by Crippen LogP contribution is -2.53. The summed E-state index contributed by atoms with van der Waals surface area (Å²) in [4.78, 5) is 14.8. The van der Waals surface area contributed by atoms with Crippen molar-refractivity contribution >= 4 is 5.91 Å². The highest BCUT2D eigenvalue weighted by molar-refractivity contribution is 5.86. The lowest BCUT2D eigenvalue weighted by Gasteiger charge is -2.28. The van der Waals surface area contributed by atoms with Gasteiger partial charge >= 0.3 is 0 Å². The first-order chi connectivity index (χ1) is 10.6. The van der Waals surface area contributed by atoms with Crippen LogP contribution in [0.4, 0.5) is 0 Å². The van der Waals surface area contributed by atoms with Crippen LogP contribution in [0.1, 0.15) is 56.1 Å². The van der Waals surface area contributed by atoms with Crippen molar-refractivity contribution in [3.8, 4) is 0 Å². The van der Waals surface area contributed by atoms with E-state index in [1.807, 2.05) is 19.1 Å². The normalized spacial score (nSPS) is 22.8. The fraction of sp³-hybridized carbons (Fsp3) is 0.706. The number of carbonyl (C=O) groups excluding carboxylic acids is 1. The van der Waals surface area contributed by atoms with Crippen molar-refractivity contribution in [3.63, 3.8) is 0 Å². The first kappa shape index (κ1) is 15.6. The van der Waals surface area contributed by atoms with Gasteiger partial charge in [0, 0.05) is 6.54 Å². The van der Waals surface area contributed by atoms with Crippen LogP contribution < -0.4 is 11.1 Å². The van der Waals surface area contributed by atoms with Crippen LogP contribution in [0.25, 0.3) is 0 Å². The second-order valence-corrected chi connectivity index (χ2v) is 6.78. The van der Waals surface area contributed by atoms with Gasteiger partial charge in [-0.05, 0) is 57.8 Å². The maximum Gasteiger partial charge on any atom is 0.240 e. The van der Waals surface area contributed by atoms with Crippen molar-refractivity contribution in [2.75, 3.05) is 19.6 Å². The van der Waals surface area contributed by atoms with Crippen LogP contribution in [-0.4, -0.2) is 36.0 Å². The van der Waals surface area contributed by atoms with Crippen LogP contribution in [-0.2, 0) is 4.79 Å². The number of likely N-dealkylation sites (tertiary alicyclic amines) is 1. The molecule has 1 atom stereocenters. The minimum atomic E-state index is -0.658. The van der Waals surface area contributed by atoms with Crippen molar-refractivity contribution < 1.29 is 9.21 Å². The molecule has 22 heavy (non-hydrogen) atoms. The number of hydrogen-bond donors (Lipinski definition) is 2. The quantitative estimate of drug-likeness (QED) is 0.874. The Kier molecular flexibility index (Phi) is 4.54. The van der Waals surface area contributed by atoms with Gasteiger partial charge in [0.1, 0.15) is 11.5 Å². The molecule has 0 radical (unpaired) electrons. The van der Waals surface area contributed by atoms with Gasteiger partial charge in [0.15, 0.2) is 0 Å². The fourth-order valence-electron chi connectivity index (χ4n) is 3.69. The Bertz CT molecular complexity index is 514. The largest absolute Gasteiger partial charge is 0.465 e. The van der Waals surface area contributed by atoms with Crippen LogP contribution in [0.15, 0.2) is 16.5 Å². The molecule has 1 aromatic rings. The zero-order chi connectivity index (χ0) is 15.6. The molecule has 1 aliphatic carbocycles. The molecule has 3 N–H and O–H groups in total. The van der Waals surface area contributed by atoms with E-state index in [1.165, 1.54) is 12.8 Å². The van der Waals surface area contributed by atoms with Gasteiger partial charge in [-0.2, -0.15) is 0 Å². The number of nitrogens with one attached hydrogen (secondary N) is 1. The summed E-state index contributed by atoms with van der Waals surface area (Å²) in [6.07, 6.45) is 6.13. The van der Waals surface area contributed by atoms with E-state index in [-0.39, 0.29) is 11.9 Å². The van der Waals surface area contributed by atoms with Crippen molar-refractivity contribution in [1.29, 1.82) is 0 Å². The molecule has 1 saturated carbocycles. The average molecular weight is 305 g/mol. The van der Waals surface area contributed by atoms with E-state index in [0.717, 1.165) is 50.3 Å². The summed E-state index contributed by atoms with van der Waals surface area (Å²) in [5, 5.41) is 3.08. The first-order valence-corrected chi connectivity index (χ1v) is 8.46. The molecule has 1 amide bonds. The SMILES string of the molecule is Cc1ccc(C(CNC(=O)C2(N)CCCC2)N2CCCC2)o1. The number of amides is 1. The van der Waals surface area contributed by atoms with Crippen molar-refractivity contribution in [2.45, 2.75) is 57.0 Å². The maximum atomic E-state index is 12.4. The number of carbonyl (C=O) groups is 1. The molecule has 1 aromatic heterocycles. The number of hydrogen-bond acceptors (Lipinski definition) is 4. The van der Waals surface area contributed by atoms with Gasteiger partial charge in [0.05, 0.1) is 11.6 Å². The molecule has 0 bridgehead atoms. The number of nitrogens with zero attached hydrogens (tertiary/aromatic N) is 1. The van der Waals surface area contributed by atoms with Gasteiger partial charge in [0.25, 0.3) is 0 Å². The standard InChI is InChI=1S/C17H27N3O2/c1-13-6-7-15(22-13)14(20-10-4-5-11-20)12-19-16(21)17(18)8-2-3-9-17/h6-7,14H,2-5,8-12,18H2,1H3,(H,19,21). The molecule has 2 aliphatic rings. The molecule has 0 aromatic carbocycles. The Hall–Kier alpha value is -1.33. The van der Waals surface area contributed by atoms with E-state index in [1.54, 1.807) is 0 Å². The number of rotatable bonds is 5. The minimum Gasteiger partial charge on any atom is -0.465 e. The van der Waals surface area contributed by atoms with Gasteiger partial charge in [-0.25, -0.2) is 0 Å².